The zero-order chi connectivity index (χ0) is 19.4. The van der Waals surface area contributed by atoms with Gasteiger partial charge >= 0.3 is 0 Å². The number of aryl methyl sites for hydroxylation is 1. The number of ether oxygens (including phenoxy) is 1. The molecular formula is C21H31N3O2S. The van der Waals surface area contributed by atoms with E-state index in [1.807, 2.05) is 11.0 Å². The lowest BCUT2D eigenvalue weighted by atomic mass is 9.88. The van der Waals surface area contributed by atoms with Crippen molar-refractivity contribution < 1.29 is 9.53 Å². The zero-order valence-electron chi connectivity index (χ0n) is 17.0. The van der Waals surface area contributed by atoms with E-state index in [9.17, 15) is 4.79 Å². The van der Waals surface area contributed by atoms with Crippen molar-refractivity contribution in [1.82, 2.24) is 9.88 Å². The Labute approximate surface area is 166 Å². The number of aromatic nitrogens is 1. The Morgan fingerprint density at radius 1 is 1.22 bits per heavy atom. The van der Waals surface area contributed by atoms with E-state index in [4.69, 9.17) is 9.72 Å². The van der Waals surface area contributed by atoms with Gasteiger partial charge < -0.3 is 9.64 Å². The molecule has 1 saturated carbocycles. The molecule has 1 aliphatic carbocycles. The monoisotopic (exact) mass is 389 g/mol. The highest BCUT2D eigenvalue weighted by Crippen LogP contribution is 2.37. The van der Waals surface area contributed by atoms with Crippen LogP contribution in [-0.2, 0) is 4.79 Å². The van der Waals surface area contributed by atoms with Crippen LogP contribution in [-0.4, -0.2) is 50.1 Å². The fraction of sp³-hybridized carbons (Fsp3) is 0.619. The van der Waals surface area contributed by atoms with Gasteiger partial charge in [-0.25, -0.2) is 4.98 Å². The van der Waals surface area contributed by atoms with Gasteiger partial charge in [-0.05, 0) is 58.5 Å². The minimum atomic E-state index is 0.146. The molecule has 3 rings (SSSR count). The average molecular weight is 390 g/mol. The van der Waals surface area contributed by atoms with Gasteiger partial charge in [0, 0.05) is 12.5 Å². The van der Waals surface area contributed by atoms with Crippen LogP contribution in [0.2, 0.25) is 0 Å². The Bertz CT molecular complexity index is 781. The van der Waals surface area contributed by atoms with Crippen molar-refractivity contribution in [3.63, 3.8) is 0 Å². The number of amides is 1. The van der Waals surface area contributed by atoms with E-state index in [0.29, 0.717) is 6.54 Å². The lowest BCUT2D eigenvalue weighted by Crippen LogP contribution is -2.38. The Morgan fingerprint density at radius 3 is 2.63 bits per heavy atom. The van der Waals surface area contributed by atoms with E-state index < -0.39 is 0 Å². The summed E-state index contributed by atoms with van der Waals surface area (Å²) in [7, 11) is 5.81. The summed E-state index contributed by atoms with van der Waals surface area (Å²) in [5.41, 5.74) is 2.04. The molecule has 0 bridgehead atoms. The minimum Gasteiger partial charge on any atom is -0.494 e. The van der Waals surface area contributed by atoms with Crippen molar-refractivity contribution >= 4 is 32.6 Å². The highest BCUT2D eigenvalue weighted by atomic mass is 32.1. The molecular weight excluding hydrogens is 358 g/mol. The van der Waals surface area contributed by atoms with Gasteiger partial charge in [0.1, 0.15) is 11.3 Å². The maximum Gasteiger partial charge on any atom is 0.231 e. The number of carbonyl (C=O) groups excluding carboxylic acids is 1. The van der Waals surface area contributed by atoms with Crippen molar-refractivity contribution in [3.05, 3.63) is 17.7 Å². The number of fused-ring (bicyclic) bond motifs is 1. The van der Waals surface area contributed by atoms with E-state index in [0.717, 1.165) is 59.7 Å². The van der Waals surface area contributed by atoms with Crippen molar-refractivity contribution in [2.45, 2.75) is 45.4 Å². The summed E-state index contributed by atoms with van der Waals surface area (Å²) in [6, 6.07) is 4.02. The number of benzene rings is 1. The molecule has 1 aromatic carbocycles. The van der Waals surface area contributed by atoms with Gasteiger partial charge in [-0.1, -0.05) is 36.7 Å². The summed E-state index contributed by atoms with van der Waals surface area (Å²) in [5, 5.41) is 0.812. The van der Waals surface area contributed by atoms with E-state index in [1.54, 1.807) is 18.4 Å². The number of methoxy groups -OCH3 is 1. The van der Waals surface area contributed by atoms with Crippen molar-refractivity contribution in [2.75, 3.05) is 39.2 Å². The van der Waals surface area contributed by atoms with Crippen molar-refractivity contribution in [2.24, 2.45) is 5.92 Å². The quantitative estimate of drug-likeness (QED) is 0.700. The molecule has 0 saturated heterocycles. The number of nitrogens with zero attached hydrogens (tertiary/aromatic N) is 3. The van der Waals surface area contributed by atoms with Gasteiger partial charge in [-0.2, -0.15) is 0 Å². The smallest absolute Gasteiger partial charge is 0.231 e. The van der Waals surface area contributed by atoms with Crippen LogP contribution in [0.15, 0.2) is 12.1 Å². The number of thiazole rings is 1. The predicted molar refractivity (Wildman–Crippen MR) is 113 cm³/mol. The van der Waals surface area contributed by atoms with Crippen LogP contribution in [0.5, 0.6) is 5.75 Å². The molecule has 1 fully saturated rings. The molecule has 1 aliphatic rings. The summed E-state index contributed by atoms with van der Waals surface area (Å²) in [6.07, 6.45) is 6.54. The molecule has 1 aromatic heterocycles. The van der Waals surface area contributed by atoms with Gasteiger partial charge in [0.25, 0.3) is 0 Å². The summed E-state index contributed by atoms with van der Waals surface area (Å²) in [4.78, 5) is 22.3. The Hall–Kier alpha value is -1.66. The molecule has 0 radical (unpaired) electrons. The van der Waals surface area contributed by atoms with Crippen LogP contribution < -0.4 is 9.64 Å². The largest absolute Gasteiger partial charge is 0.494 e. The first-order valence-corrected chi connectivity index (χ1v) is 10.7. The molecule has 2 aromatic rings. The van der Waals surface area contributed by atoms with E-state index in [1.165, 1.54) is 12.0 Å². The summed E-state index contributed by atoms with van der Waals surface area (Å²) in [5.74, 6) is 1.17. The first kappa shape index (κ1) is 20.1. The second-order valence-electron chi connectivity index (χ2n) is 7.74. The Kier molecular flexibility index (Phi) is 6.71. The lowest BCUT2D eigenvalue weighted by molar-refractivity contribution is -0.123. The molecule has 27 heavy (non-hydrogen) atoms. The topological polar surface area (TPSA) is 45.7 Å². The molecule has 0 N–H and O–H groups in total. The molecule has 0 spiro atoms. The highest BCUT2D eigenvalue weighted by molar-refractivity contribution is 7.22. The van der Waals surface area contributed by atoms with Crippen LogP contribution in [0.1, 0.15) is 44.1 Å². The third kappa shape index (κ3) is 4.61. The SMILES string of the molecule is COc1ccc(C)c2sc(N(CCCN(C)C)C(=O)C3CCCCC3)nc12. The molecule has 1 amide bonds. The molecule has 6 heteroatoms. The molecule has 0 atom stereocenters. The third-order valence-corrected chi connectivity index (χ3v) is 6.56. The number of carbonyl (C=O) groups is 1. The van der Waals surface area contributed by atoms with Gasteiger partial charge in [0.15, 0.2) is 5.13 Å². The number of hydrogen-bond donors (Lipinski definition) is 0. The fourth-order valence-electron chi connectivity index (χ4n) is 3.79. The normalized spacial score (nSPS) is 15.4. The van der Waals surface area contributed by atoms with Crippen molar-refractivity contribution in [3.8, 4) is 5.75 Å². The lowest BCUT2D eigenvalue weighted by Gasteiger charge is -2.28. The minimum absolute atomic E-state index is 0.146. The van der Waals surface area contributed by atoms with Crippen LogP contribution in [0.4, 0.5) is 5.13 Å². The van der Waals surface area contributed by atoms with Gasteiger partial charge in [-0.3, -0.25) is 9.69 Å². The van der Waals surface area contributed by atoms with E-state index in [2.05, 4.69) is 32.0 Å². The van der Waals surface area contributed by atoms with Crippen LogP contribution >= 0.6 is 11.3 Å². The van der Waals surface area contributed by atoms with E-state index >= 15 is 0 Å². The van der Waals surface area contributed by atoms with Crippen LogP contribution in [0.3, 0.4) is 0 Å². The predicted octanol–water partition coefficient (Wildman–Crippen LogP) is 4.48. The van der Waals surface area contributed by atoms with Crippen LogP contribution in [0.25, 0.3) is 10.2 Å². The molecule has 0 unspecified atom stereocenters. The molecule has 0 aliphatic heterocycles. The second-order valence-corrected chi connectivity index (χ2v) is 8.72. The summed E-state index contributed by atoms with van der Waals surface area (Å²) < 4.78 is 6.61. The zero-order valence-corrected chi connectivity index (χ0v) is 17.8. The average Bonchev–Trinajstić information content (AvgIpc) is 3.11. The van der Waals surface area contributed by atoms with Gasteiger partial charge in [-0.15, -0.1) is 0 Å². The maximum absolute atomic E-state index is 13.3. The fourth-order valence-corrected chi connectivity index (χ4v) is 4.88. The maximum atomic E-state index is 13.3. The van der Waals surface area contributed by atoms with Crippen molar-refractivity contribution in [1.29, 1.82) is 0 Å². The number of rotatable bonds is 7. The molecule has 148 valence electrons. The van der Waals surface area contributed by atoms with E-state index in [-0.39, 0.29) is 11.8 Å². The summed E-state index contributed by atoms with van der Waals surface area (Å²) in [6.45, 7) is 3.76. The number of hydrogen-bond acceptors (Lipinski definition) is 5. The highest BCUT2D eigenvalue weighted by Gasteiger charge is 2.29. The molecule has 1 heterocycles. The second kappa shape index (κ2) is 9.02. The standard InChI is InChI=1S/C21H31N3O2S/c1-15-11-12-17(26-4)18-19(15)27-21(22-18)24(14-8-13-23(2)3)20(25)16-9-6-5-7-10-16/h11-12,16H,5-10,13-14H2,1-4H3. The Balaban J connectivity index is 1.92. The third-order valence-electron chi connectivity index (χ3n) is 5.35. The number of anilines is 1. The Morgan fingerprint density at radius 2 is 1.96 bits per heavy atom. The first-order chi connectivity index (χ1) is 13.0. The van der Waals surface area contributed by atoms with Crippen LogP contribution in [0, 0.1) is 12.8 Å². The van der Waals surface area contributed by atoms with Gasteiger partial charge in [0.2, 0.25) is 5.91 Å². The molecule has 5 nitrogen and oxygen atoms in total. The summed E-state index contributed by atoms with van der Waals surface area (Å²) >= 11 is 1.61. The van der Waals surface area contributed by atoms with Gasteiger partial charge in [0.05, 0.1) is 11.8 Å². The first-order valence-electron chi connectivity index (χ1n) is 9.91.